The second kappa shape index (κ2) is 6.20. The van der Waals surface area contributed by atoms with E-state index in [0.717, 1.165) is 43.5 Å². The lowest BCUT2D eigenvalue weighted by Gasteiger charge is -2.24. The van der Waals surface area contributed by atoms with Crippen LogP contribution in [0.15, 0.2) is 4.90 Å². The minimum atomic E-state index is -3.51. The normalized spacial score (nSPS) is 16.7. The van der Waals surface area contributed by atoms with Gasteiger partial charge in [0.05, 0.1) is 5.69 Å². The van der Waals surface area contributed by atoms with E-state index in [1.165, 1.54) is 7.05 Å². The molecule has 9 heteroatoms. The molecule has 1 aromatic rings. The minimum Gasteiger partial charge on any atom is -0.396 e. The second-order valence-electron chi connectivity index (χ2n) is 5.02. The molecule has 2 heterocycles. The third-order valence-electron chi connectivity index (χ3n) is 3.38. The van der Waals surface area contributed by atoms with Crippen LogP contribution < -0.4 is 21.7 Å². The number of nitrogen functional groups attached to an aromatic ring is 1. The molecule has 21 heavy (non-hydrogen) atoms. The molecular formula is C12H20N4O3S2. The molecule has 7 nitrogen and oxygen atoms in total. The van der Waals surface area contributed by atoms with Crippen LogP contribution in [0.2, 0.25) is 0 Å². The van der Waals surface area contributed by atoms with Crippen LogP contribution in [0, 0.1) is 0 Å². The zero-order valence-corrected chi connectivity index (χ0v) is 13.7. The highest BCUT2D eigenvalue weighted by Gasteiger charge is 2.28. The van der Waals surface area contributed by atoms with E-state index in [0.29, 0.717) is 5.00 Å². The maximum atomic E-state index is 12.0. The summed E-state index contributed by atoms with van der Waals surface area (Å²) < 4.78 is 24.0. The molecule has 1 aromatic heterocycles. The van der Waals surface area contributed by atoms with Crippen LogP contribution in [0.5, 0.6) is 0 Å². The van der Waals surface area contributed by atoms with Gasteiger partial charge in [-0.1, -0.05) is 0 Å². The van der Waals surface area contributed by atoms with E-state index in [1.807, 2.05) is 0 Å². The van der Waals surface area contributed by atoms with Crippen molar-refractivity contribution in [3.63, 3.8) is 0 Å². The Bertz CT molecular complexity index is 633. The number of hydrogen-bond donors (Lipinski definition) is 4. The van der Waals surface area contributed by atoms with E-state index >= 15 is 0 Å². The Morgan fingerprint density at radius 3 is 2.52 bits per heavy atom. The summed E-state index contributed by atoms with van der Waals surface area (Å²) >= 11 is 1.09. The van der Waals surface area contributed by atoms with Gasteiger partial charge in [-0.25, -0.2) is 8.42 Å². The SMILES string of the molecule is CNC(=O)c1sc(NC2CCNCC2)c(S(C)(=O)=O)c1N. The quantitative estimate of drug-likeness (QED) is 0.629. The van der Waals surface area contributed by atoms with Crippen LogP contribution in [-0.2, 0) is 9.84 Å². The Labute approximate surface area is 128 Å². The van der Waals surface area contributed by atoms with Gasteiger partial charge in [-0.15, -0.1) is 11.3 Å². The minimum absolute atomic E-state index is 0.0262. The molecule has 1 aliphatic rings. The van der Waals surface area contributed by atoms with Crippen LogP contribution >= 0.6 is 11.3 Å². The summed E-state index contributed by atoms with van der Waals surface area (Å²) in [6.07, 6.45) is 2.90. The van der Waals surface area contributed by atoms with E-state index in [9.17, 15) is 13.2 Å². The maximum absolute atomic E-state index is 12.0. The van der Waals surface area contributed by atoms with Gasteiger partial charge in [0, 0.05) is 19.3 Å². The molecule has 0 saturated carbocycles. The number of nitrogens with one attached hydrogen (secondary N) is 3. The molecule has 1 aliphatic heterocycles. The Hall–Kier alpha value is -1.32. The third-order valence-corrected chi connectivity index (χ3v) is 5.81. The molecule has 5 N–H and O–H groups in total. The highest BCUT2D eigenvalue weighted by Crippen LogP contribution is 2.39. The molecule has 0 radical (unpaired) electrons. The number of carbonyl (C=O) groups excluding carboxylic acids is 1. The smallest absolute Gasteiger partial charge is 0.263 e. The van der Waals surface area contributed by atoms with E-state index in [4.69, 9.17) is 5.73 Å². The first-order valence-electron chi connectivity index (χ1n) is 6.66. The molecule has 0 aromatic carbocycles. The van der Waals surface area contributed by atoms with Crippen molar-refractivity contribution in [1.29, 1.82) is 0 Å². The monoisotopic (exact) mass is 332 g/mol. The summed E-state index contributed by atoms with van der Waals surface area (Å²) in [4.78, 5) is 12.1. The molecule has 0 bridgehead atoms. The summed E-state index contributed by atoms with van der Waals surface area (Å²) in [5, 5.41) is 9.42. The lowest BCUT2D eigenvalue weighted by molar-refractivity contribution is 0.0968. The van der Waals surface area contributed by atoms with Crippen LogP contribution in [0.25, 0.3) is 0 Å². The number of piperidine rings is 1. The van der Waals surface area contributed by atoms with Gasteiger partial charge in [-0.3, -0.25) is 4.79 Å². The lowest BCUT2D eigenvalue weighted by Crippen LogP contribution is -2.35. The summed E-state index contributed by atoms with van der Waals surface area (Å²) in [7, 11) is -2.02. The standard InChI is InChI=1S/C12H20N4O3S2/c1-14-11(17)9-8(13)10(21(2,18)19)12(20-9)16-7-3-5-15-6-4-7/h7,15-16H,3-6,13H2,1-2H3,(H,14,17). The van der Waals surface area contributed by atoms with Crippen molar-refractivity contribution in [2.45, 2.75) is 23.8 Å². The molecule has 1 saturated heterocycles. The maximum Gasteiger partial charge on any atom is 0.263 e. The van der Waals surface area contributed by atoms with Gasteiger partial charge < -0.3 is 21.7 Å². The van der Waals surface area contributed by atoms with Gasteiger partial charge in [0.2, 0.25) is 0 Å². The zero-order chi connectivity index (χ0) is 15.6. The molecule has 118 valence electrons. The van der Waals surface area contributed by atoms with E-state index < -0.39 is 9.84 Å². The molecule has 2 rings (SSSR count). The van der Waals surface area contributed by atoms with Crippen LogP contribution in [0.3, 0.4) is 0 Å². The first-order valence-corrected chi connectivity index (χ1v) is 9.37. The van der Waals surface area contributed by atoms with Gasteiger partial charge in [0.25, 0.3) is 5.91 Å². The number of carbonyl (C=O) groups is 1. The first kappa shape index (κ1) is 16.1. The average molecular weight is 332 g/mol. The largest absolute Gasteiger partial charge is 0.396 e. The van der Waals surface area contributed by atoms with Gasteiger partial charge in [-0.2, -0.15) is 0 Å². The van der Waals surface area contributed by atoms with E-state index in [2.05, 4.69) is 16.0 Å². The predicted octanol–water partition coefficient (Wildman–Crippen LogP) is 0.257. The van der Waals surface area contributed by atoms with Crippen molar-refractivity contribution >= 4 is 37.8 Å². The number of thiophene rings is 1. The second-order valence-corrected chi connectivity index (χ2v) is 8.00. The fraction of sp³-hybridized carbons (Fsp3) is 0.583. The molecule has 0 aliphatic carbocycles. The highest BCUT2D eigenvalue weighted by atomic mass is 32.2. The van der Waals surface area contributed by atoms with Crippen LogP contribution in [-0.4, -0.2) is 46.8 Å². The lowest BCUT2D eigenvalue weighted by atomic mass is 10.1. The van der Waals surface area contributed by atoms with Crippen molar-refractivity contribution in [2.24, 2.45) is 0 Å². The molecule has 1 amide bonds. The number of sulfone groups is 1. The molecular weight excluding hydrogens is 312 g/mol. The Balaban J connectivity index is 2.40. The summed E-state index contributed by atoms with van der Waals surface area (Å²) in [5.74, 6) is -0.374. The average Bonchev–Trinajstić information content (AvgIpc) is 2.75. The third kappa shape index (κ3) is 3.47. The summed E-state index contributed by atoms with van der Waals surface area (Å²) in [6.45, 7) is 1.77. The van der Waals surface area contributed by atoms with Crippen molar-refractivity contribution in [3.05, 3.63) is 4.88 Å². The fourth-order valence-corrected chi connectivity index (χ4v) is 4.91. The van der Waals surface area contributed by atoms with Crippen molar-refractivity contribution in [2.75, 3.05) is 37.4 Å². The molecule has 0 spiro atoms. The number of hydrogen-bond acceptors (Lipinski definition) is 7. The number of rotatable bonds is 4. The fourth-order valence-electron chi connectivity index (χ4n) is 2.33. The van der Waals surface area contributed by atoms with Gasteiger partial charge in [0.1, 0.15) is 14.8 Å². The van der Waals surface area contributed by atoms with Gasteiger partial charge in [0.15, 0.2) is 9.84 Å². The van der Waals surface area contributed by atoms with Gasteiger partial charge in [-0.05, 0) is 25.9 Å². The van der Waals surface area contributed by atoms with Crippen LogP contribution in [0.1, 0.15) is 22.5 Å². The number of amides is 1. The van der Waals surface area contributed by atoms with Crippen molar-refractivity contribution in [3.8, 4) is 0 Å². The zero-order valence-electron chi connectivity index (χ0n) is 12.0. The molecule has 1 fully saturated rings. The van der Waals surface area contributed by atoms with E-state index in [-0.39, 0.29) is 27.4 Å². The van der Waals surface area contributed by atoms with Crippen molar-refractivity contribution in [1.82, 2.24) is 10.6 Å². The van der Waals surface area contributed by atoms with Crippen molar-refractivity contribution < 1.29 is 13.2 Å². The highest BCUT2D eigenvalue weighted by molar-refractivity contribution is 7.91. The van der Waals surface area contributed by atoms with Crippen LogP contribution in [0.4, 0.5) is 10.7 Å². The van der Waals surface area contributed by atoms with Gasteiger partial charge >= 0.3 is 0 Å². The Morgan fingerprint density at radius 2 is 2.00 bits per heavy atom. The molecule has 0 atom stereocenters. The summed E-state index contributed by atoms with van der Waals surface area (Å²) in [6, 6.07) is 0.183. The summed E-state index contributed by atoms with van der Waals surface area (Å²) in [5.41, 5.74) is 5.92. The topological polar surface area (TPSA) is 113 Å². The number of nitrogens with two attached hydrogens (primary N) is 1. The predicted molar refractivity (Wildman–Crippen MR) is 84.7 cm³/mol. The van der Waals surface area contributed by atoms with E-state index in [1.54, 1.807) is 0 Å². The first-order chi connectivity index (χ1) is 9.84. The molecule has 0 unspecified atom stereocenters. The Morgan fingerprint density at radius 1 is 1.38 bits per heavy atom. The number of anilines is 2. The Kier molecular flexibility index (Phi) is 4.74.